The van der Waals surface area contributed by atoms with Gasteiger partial charge < -0.3 is 14.8 Å². The summed E-state index contributed by atoms with van der Waals surface area (Å²) in [5.74, 6) is -0.720. The molecule has 0 aliphatic rings. The number of fused-ring (bicyclic) bond motifs is 1. The van der Waals surface area contributed by atoms with Crippen LogP contribution in [0.4, 0.5) is 5.69 Å². The predicted octanol–water partition coefficient (Wildman–Crippen LogP) is 4.12. The molecule has 6 nitrogen and oxygen atoms in total. The van der Waals surface area contributed by atoms with Crippen molar-refractivity contribution < 1.29 is 14.3 Å². The lowest BCUT2D eigenvalue weighted by atomic mass is 10.1. The first-order valence-electron chi connectivity index (χ1n) is 7.78. The number of imidazole rings is 1. The van der Waals surface area contributed by atoms with Gasteiger partial charge in [0.1, 0.15) is 11.3 Å². The van der Waals surface area contributed by atoms with Crippen molar-refractivity contribution in [3.63, 3.8) is 0 Å². The largest absolute Gasteiger partial charge is 0.475 e. The highest BCUT2D eigenvalue weighted by Gasteiger charge is 2.19. The molecule has 0 atom stereocenters. The van der Waals surface area contributed by atoms with Crippen molar-refractivity contribution >= 4 is 17.3 Å². The fourth-order valence-electron chi connectivity index (χ4n) is 2.81. The summed E-state index contributed by atoms with van der Waals surface area (Å²) in [6.07, 6.45) is 0. The lowest BCUT2D eigenvalue weighted by molar-refractivity contribution is 0.0663. The second-order valence-corrected chi connectivity index (χ2v) is 6.92. The maximum absolute atomic E-state index is 11.0. The molecule has 2 N–H and O–H groups in total. The van der Waals surface area contributed by atoms with Gasteiger partial charge >= 0.3 is 5.97 Å². The Morgan fingerprint density at radius 1 is 1.17 bits per heavy atom. The van der Waals surface area contributed by atoms with Gasteiger partial charge in [-0.05, 0) is 58.9 Å². The highest BCUT2D eigenvalue weighted by molar-refractivity contribution is 5.85. The van der Waals surface area contributed by atoms with Crippen LogP contribution in [-0.2, 0) is 0 Å². The van der Waals surface area contributed by atoms with Gasteiger partial charge in [-0.2, -0.15) is 0 Å². The molecule has 3 aromatic rings. The molecule has 126 valence electrons. The maximum Gasteiger partial charge on any atom is 0.371 e. The Hall–Kier alpha value is -2.76. The SMILES string of the molecule is Cc1c(NC(C)(C)C)ccc2nc(-c3ccc(C(=O)O)o3)c(C)n12. The van der Waals surface area contributed by atoms with E-state index in [9.17, 15) is 4.79 Å². The molecule has 0 aliphatic heterocycles. The van der Waals surface area contributed by atoms with Crippen molar-refractivity contribution in [2.24, 2.45) is 0 Å². The van der Waals surface area contributed by atoms with Crippen LogP contribution in [0.3, 0.4) is 0 Å². The van der Waals surface area contributed by atoms with E-state index in [4.69, 9.17) is 9.52 Å². The Labute approximate surface area is 140 Å². The molecule has 0 amide bonds. The number of aromatic nitrogens is 2. The average molecular weight is 327 g/mol. The first-order valence-corrected chi connectivity index (χ1v) is 7.78. The zero-order chi connectivity index (χ0) is 17.6. The number of carboxylic acids is 1. The number of anilines is 1. The van der Waals surface area contributed by atoms with Crippen molar-refractivity contribution in [1.29, 1.82) is 0 Å². The fraction of sp³-hybridized carbons (Fsp3) is 0.333. The number of carboxylic acid groups (broad SMARTS) is 1. The molecule has 0 fully saturated rings. The smallest absolute Gasteiger partial charge is 0.371 e. The minimum atomic E-state index is -1.09. The quantitative estimate of drug-likeness (QED) is 0.756. The standard InChI is InChI=1S/C18H21N3O3/c1-10-12(20-18(3,4)5)6-9-15-19-16(11(2)21(10)15)13-7-8-14(24-13)17(22)23/h6-9,20H,1-5H3,(H,22,23). The molecule has 0 spiro atoms. The molecule has 3 aromatic heterocycles. The van der Waals surface area contributed by atoms with Crippen LogP contribution in [0.25, 0.3) is 17.1 Å². The Morgan fingerprint density at radius 2 is 1.88 bits per heavy atom. The molecule has 0 aromatic carbocycles. The number of aromatic carboxylic acids is 1. The van der Waals surface area contributed by atoms with Crippen LogP contribution in [-0.4, -0.2) is 26.0 Å². The van der Waals surface area contributed by atoms with E-state index < -0.39 is 5.97 Å². The molecule has 0 unspecified atom stereocenters. The summed E-state index contributed by atoms with van der Waals surface area (Å²) in [4.78, 5) is 15.6. The van der Waals surface area contributed by atoms with E-state index in [-0.39, 0.29) is 11.3 Å². The van der Waals surface area contributed by atoms with E-state index in [2.05, 4.69) is 31.1 Å². The topological polar surface area (TPSA) is 79.8 Å². The van der Waals surface area contributed by atoms with Crippen molar-refractivity contribution in [3.8, 4) is 11.5 Å². The van der Waals surface area contributed by atoms with Crippen LogP contribution < -0.4 is 5.32 Å². The molecule has 6 heteroatoms. The highest BCUT2D eigenvalue weighted by Crippen LogP contribution is 2.29. The normalized spacial score (nSPS) is 11.9. The Morgan fingerprint density at radius 3 is 2.46 bits per heavy atom. The van der Waals surface area contributed by atoms with Crippen molar-refractivity contribution in [2.45, 2.75) is 40.2 Å². The van der Waals surface area contributed by atoms with E-state index in [1.54, 1.807) is 6.07 Å². The number of pyridine rings is 1. The van der Waals surface area contributed by atoms with E-state index in [1.807, 2.05) is 30.4 Å². The number of hydrogen-bond donors (Lipinski definition) is 2. The van der Waals surface area contributed by atoms with Crippen LogP contribution >= 0.6 is 0 Å². The monoisotopic (exact) mass is 327 g/mol. The third-order valence-electron chi connectivity index (χ3n) is 3.82. The van der Waals surface area contributed by atoms with E-state index in [0.717, 1.165) is 22.7 Å². The molecule has 0 aliphatic carbocycles. The second kappa shape index (κ2) is 5.40. The number of nitrogens with zero attached hydrogens (tertiary/aromatic N) is 2. The minimum Gasteiger partial charge on any atom is -0.475 e. The van der Waals surface area contributed by atoms with E-state index in [1.165, 1.54) is 6.07 Å². The number of aryl methyl sites for hydroxylation is 2. The summed E-state index contributed by atoms with van der Waals surface area (Å²) in [7, 11) is 0. The highest BCUT2D eigenvalue weighted by atomic mass is 16.4. The van der Waals surface area contributed by atoms with Gasteiger partial charge in [0, 0.05) is 11.2 Å². The summed E-state index contributed by atoms with van der Waals surface area (Å²) in [6, 6.07) is 7.04. The third kappa shape index (κ3) is 2.75. The van der Waals surface area contributed by atoms with E-state index >= 15 is 0 Å². The lowest BCUT2D eigenvalue weighted by Crippen LogP contribution is -2.26. The zero-order valence-corrected chi connectivity index (χ0v) is 14.5. The summed E-state index contributed by atoms with van der Waals surface area (Å²) in [5.41, 5.74) is 4.39. The molecule has 3 heterocycles. The molecule has 3 rings (SSSR count). The third-order valence-corrected chi connectivity index (χ3v) is 3.82. The number of rotatable bonds is 3. The van der Waals surface area contributed by atoms with Crippen molar-refractivity contribution in [1.82, 2.24) is 9.38 Å². The number of hydrogen-bond acceptors (Lipinski definition) is 4. The summed E-state index contributed by atoms with van der Waals surface area (Å²) in [6.45, 7) is 10.3. The molecule has 24 heavy (non-hydrogen) atoms. The van der Waals surface area contributed by atoms with Gasteiger partial charge in [0.25, 0.3) is 0 Å². The van der Waals surface area contributed by atoms with E-state index in [0.29, 0.717) is 11.5 Å². The number of nitrogens with one attached hydrogen (secondary N) is 1. The van der Waals surface area contributed by atoms with Crippen LogP contribution in [0.15, 0.2) is 28.7 Å². The molecule has 0 radical (unpaired) electrons. The average Bonchev–Trinajstić information content (AvgIpc) is 3.06. The second-order valence-electron chi connectivity index (χ2n) is 6.92. The van der Waals surface area contributed by atoms with Crippen LogP contribution in [0.5, 0.6) is 0 Å². The van der Waals surface area contributed by atoms with Crippen molar-refractivity contribution in [2.75, 3.05) is 5.32 Å². The summed E-state index contributed by atoms with van der Waals surface area (Å²) >= 11 is 0. The summed E-state index contributed by atoms with van der Waals surface area (Å²) < 4.78 is 7.45. The van der Waals surface area contributed by atoms with Crippen LogP contribution in [0.1, 0.15) is 42.7 Å². The van der Waals surface area contributed by atoms with Gasteiger partial charge in [0.05, 0.1) is 11.4 Å². The van der Waals surface area contributed by atoms with Gasteiger partial charge in [-0.15, -0.1) is 0 Å². The van der Waals surface area contributed by atoms with Crippen LogP contribution in [0, 0.1) is 13.8 Å². The predicted molar refractivity (Wildman–Crippen MR) is 92.7 cm³/mol. The van der Waals surface area contributed by atoms with Crippen molar-refractivity contribution in [3.05, 3.63) is 41.4 Å². The van der Waals surface area contributed by atoms with Gasteiger partial charge in [0.15, 0.2) is 5.76 Å². The molecule has 0 bridgehead atoms. The molecule has 0 saturated carbocycles. The maximum atomic E-state index is 11.0. The first-order chi connectivity index (χ1) is 11.2. The van der Waals surface area contributed by atoms with Gasteiger partial charge in [0.2, 0.25) is 5.76 Å². The fourth-order valence-corrected chi connectivity index (χ4v) is 2.81. The molecular weight excluding hydrogens is 306 g/mol. The van der Waals surface area contributed by atoms with Gasteiger partial charge in [-0.25, -0.2) is 9.78 Å². The Balaban J connectivity index is 2.13. The minimum absolute atomic E-state index is 0.0485. The molecule has 0 saturated heterocycles. The first kappa shape index (κ1) is 16.1. The number of carbonyl (C=O) groups is 1. The number of furan rings is 1. The molecular formula is C18H21N3O3. The lowest BCUT2D eigenvalue weighted by Gasteiger charge is -2.24. The van der Waals surface area contributed by atoms with Gasteiger partial charge in [-0.1, -0.05) is 0 Å². The summed E-state index contributed by atoms with van der Waals surface area (Å²) in [5, 5.41) is 12.5. The van der Waals surface area contributed by atoms with Crippen LogP contribution in [0.2, 0.25) is 0 Å². The zero-order valence-electron chi connectivity index (χ0n) is 14.5. The van der Waals surface area contributed by atoms with Gasteiger partial charge in [-0.3, -0.25) is 4.40 Å². The Kier molecular flexibility index (Phi) is 3.63. The Bertz CT molecular complexity index is 929.